The van der Waals surface area contributed by atoms with Crippen molar-refractivity contribution in [2.24, 2.45) is 0 Å². The van der Waals surface area contributed by atoms with Crippen LogP contribution in [0.4, 0.5) is 0 Å². The summed E-state index contributed by atoms with van der Waals surface area (Å²) in [5.74, 6) is 0. The SMILES string of the molecule is C=C(CC)CC(NC)C1(c2ccccc2)CCCC1. The molecule has 1 unspecified atom stereocenters. The predicted molar refractivity (Wildman–Crippen MR) is 83.5 cm³/mol. The zero-order valence-electron chi connectivity index (χ0n) is 12.4. The lowest BCUT2D eigenvalue weighted by Crippen LogP contribution is -2.45. The van der Waals surface area contributed by atoms with Crippen LogP contribution >= 0.6 is 0 Å². The van der Waals surface area contributed by atoms with Gasteiger partial charge in [-0.15, -0.1) is 0 Å². The van der Waals surface area contributed by atoms with Gasteiger partial charge in [0.1, 0.15) is 0 Å². The van der Waals surface area contributed by atoms with Crippen LogP contribution < -0.4 is 5.32 Å². The van der Waals surface area contributed by atoms with Crippen molar-refractivity contribution in [2.75, 3.05) is 7.05 Å². The zero-order valence-corrected chi connectivity index (χ0v) is 12.4. The summed E-state index contributed by atoms with van der Waals surface area (Å²) in [4.78, 5) is 0. The first-order valence-electron chi connectivity index (χ1n) is 7.62. The maximum atomic E-state index is 4.22. The average Bonchev–Trinajstić information content (AvgIpc) is 2.96. The van der Waals surface area contributed by atoms with E-state index >= 15 is 0 Å². The Morgan fingerprint density at radius 1 is 1.26 bits per heavy atom. The smallest absolute Gasteiger partial charge is 0.0198 e. The fourth-order valence-electron chi connectivity index (χ4n) is 3.62. The third-order valence-electron chi connectivity index (χ3n) is 4.85. The molecule has 0 heterocycles. The van der Waals surface area contributed by atoms with E-state index in [1.165, 1.54) is 36.8 Å². The molecule has 1 aliphatic rings. The van der Waals surface area contributed by atoms with Gasteiger partial charge in [-0.2, -0.15) is 0 Å². The Morgan fingerprint density at radius 3 is 2.42 bits per heavy atom. The van der Waals surface area contributed by atoms with E-state index in [2.05, 4.69) is 56.2 Å². The second-order valence-electron chi connectivity index (χ2n) is 5.88. The highest BCUT2D eigenvalue weighted by molar-refractivity contribution is 5.30. The first-order chi connectivity index (χ1) is 9.23. The lowest BCUT2D eigenvalue weighted by molar-refractivity contribution is 0.306. The summed E-state index contributed by atoms with van der Waals surface area (Å²) in [6, 6.07) is 11.6. The fourth-order valence-corrected chi connectivity index (χ4v) is 3.62. The molecule has 1 heteroatoms. The molecule has 1 aliphatic carbocycles. The highest BCUT2D eigenvalue weighted by atomic mass is 14.9. The first-order valence-corrected chi connectivity index (χ1v) is 7.62. The van der Waals surface area contributed by atoms with Crippen LogP contribution in [0, 0.1) is 0 Å². The van der Waals surface area contributed by atoms with Crippen LogP contribution in [0.3, 0.4) is 0 Å². The summed E-state index contributed by atoms with van der Waals surface area (Å²) in [6.07, 6.45) is 7.50. The van der Waals surface area contributed by atoms with Crippen LogP contribution in [0.2, 0.25) is 0 Å². The molecule has 19 heavy (non-hydrogen) atoms. The quantitative estimate of drug-likeness (QED) is 0.743. The number of hydrogen-bond acceptors (Lipinski definition) is 1. The van der Waals surface area contributed by atoms with Crippen LogP contribution in [0.15, 0.2) is 42.5 Å². The van der Waals surface area contributed by atoms with Gasteiger partial charge in [-0.25, -0.2) is 0 Å². The largest absolute Gasteiger partial charge is 0.316 e. The Bertz CT molecular complexity index is 401. The van der Waals surface area contributed by atoms with Gasteiger partial charge >= 0.3 is 0 Å². The maximum Gasteiger partial charge on any atom is 0.0198 e. The highest BCUT2D eigenvalue weighted by Gasteiger charge is 2.41. The van der Waals surface area contributed by atoms with Crippen molar-refractivity contribution >= 4 is 0 Å². The number of hydrogen-bond donors (Lipinski definition) is 1. The van der Waals surface area contributed by atoms with Gasteiger partial charge in [0.15, 0.2) is 0 Å². The summed E-state index contributed by atoms with van der Waals surface area (Å²) >= 11 is 0. The maximum absolute atomic E-state index is 4.22. The molecule has 1 atom stereocenters. The van der Waals surface area contributed by atoms with Gasteiger partial charge in [0.2, 0.25) is 0 Å². The van der Waals surface area contributed by atoms with E-state index < -0.39 is 0 Å². The monoisotopic (exact) mass is 257 g/mol. The van der Waals surface area contributed by atoms with Gasteiger partial charge in [-0.05, 0) is 38.3 Å². The molecule has 0 amide bonds. The molecule has 0 saturated heterocycles. The van der Waals surface area contributed by atoms with E-state index in [1.54, 1.807) is 0 Å². The van der Waals surface area contributed by atoms with Crippen LogP contribution in [-0.4, -0.2) is 13.1 Å². The van der Waals surface area contributed by atoms with E-state index in [0.29, 0.717) is 11.5 Å². The van der Waals surface area contributed by atoms with Crippen LogP contribution in [0.25, 0.3) is 0 Å². The van der Waals surface area contributed by atoms with Gasteiger partial charge in [-0.3, -0.25) is 0 Å². The van der Waals surface area contributed by atoms with Crippen molar-refractivity contribution in [1.82, 2.24) is 5.32 Å². The molecule has 1 saturated carbocycles. The van der Waals surface area contributed by atoms with Gasteiger partial charge in [0.25, 0.3) is 0 Å². The molecule has 1 N–H and O–H groups in total. The minimum Gasteiger partial charge on any atom is -0.316 e. The molecule has 0 bridgehead atoms. The van der Waals surface area contributed by atoms with Crippen molar-refractivity contribution in [2.45, 2.75) is 56.9 Å². The summed E-state index contributed by atoms with van der Waals surface area (Å²) in [7, 11) is 2.11. The third-order valence-corrected chi connectivity index (χ3v) is 4.85. The second kappa shape index (κ2) is 6.38. The number of likely N-dealkylation sites (N-methyl/N-ethyl adjacent to an activating group) is 1. The second-order valence-corrected chi connectivity index (χ2v) is 5.88. The third kappa shape index (κ3) is 2.92. The number of benzene rings is 1. The molecular formula is C18H27N. The van der Waals surface area contributed by atoms with Gasteiger partial charge in [-0.1, -0.05) is 62.2 Å². The van der Waals surface area contributed by atoms with Crippen LogP contribution in [0.5, 0.6) is 0 Å². The van der Waals surface area contributed by atoms with Crippen molar-refractivity contribution in [3.8, 4) is 0 Å². The lowest BCUT2D eigenvalue weighted by Gasteiger charge is -2.39. The van der Waals surface area contributed by atoms with E-state index in [-0.39, 0.29) is 0 Å². The molecule has 1 nitrogen and oxygen atoms in total. The Morgan fingerprint density at radius 2 is 1.89 bits per heavy atom. The lowest BCUT2D eigenvalue weighted by atomic mass is 9.70. The van der Waals surface area contributed by atoms with Crippen LogP contribution in [-0.2, 0) is 5.41 Å². The molecule has 0 aromatic heterocycles. The zero-order chi connectivity index (χ0) is 13.7. The predicted octanol–water partition coefficient (Wildman–Crippen LogP) is 4.44. The number of rotatable bonds is 6. The van der Waals surface area contributed by atoms with Crippen molar-refractivity contribution in [1.29, 1.82) is 0 Å². The summed E-state index contributed by atoms with van der Waals surface area (Å²) in [6.45, 7) is 6.42. The van der Waals surface area contributed by atoms with Gasteiger partial charge in [0, 0.05) is 11.5 Å². The van der Waals surface area contributed by atoms with E-state index in [4.69, 9.17) is 0 Å². The van der Waals surface area contributed by atoms with Crippen molar-refractivity contribution in [3.05, 3.63) is 48.0 Å². The van der Waals surface area contributed by atoms with Crippen molar-refractivity contribution < 1.29 is 0 Å². The van der Waals surface area contributed by atoms with Crippen molar-refractivity contribution in [3.63, 3.8) is 0 Å². The molecule has 2 rings (SSSR count). The Balaban J connectivity index is 2.30. The Hall–Kier alpha value is -1.08. The molecule has 1 fully saturated rings. The molecule has 0 spiro atoms. The standard InChI is InChI=1S/C18H27N/c1-4-15(2)14-17(19-3)18(12-8-9-13-18)16-10-6-5-7-11-16/h5-7,10-11,17,19H,2,4,8-9,12-14H2,1,3H3. The minimum absolute atomic E-state index is 0.314. The molecular weight excluding hydrogens is 230 g/mol. The van der Waals surface area contributed by atoms with Gasteiger partial charge in [0.05, 0.1) is 0 Å². The Labute approximate surface area is 118 Å². The molecule has 0 radical (unpaired) electrons. The minimum atomic E-state index is 0.314. The molecule has 104 valence electrons. The van der Waals surface area contributed by atoms with Crippen LogP contribution in [0.1, 0.15) is 51.0 Å². The summed E-state index contributed by atoms with van der Waals surface area (Å²) < 4.78 is 0. The normalized spacial score (nSPS) is 19.3. The fraction of sp³-hybridized carbons (Fsp3) is 0.556. The highest BCUT2D eigenvalue weighted by Crippen LogP contribution is 2.45. The average molecular weight is 257 g/mol. The molecule has 0 aliphatic heterocycles. The van der Waals surface area contributed by atoms with E-state index in [0.717, 1.165) is 12.8 Å². The van der Waals surface area contributed by atoms with E-state index in [9.17, 15) is 0 Å². The topological polar surface area (TPSA) is 12.0 Å². The Kier molecular flexibility index (Phi) is 4.81. The first kappa shape index (κ1) is 14.3. The summed E-state index contributed by atoms with van der Waals surface area (Å²) in [5.41, 5.74) is 3.19. The molecule has 1 aromatic carbocycles. The van der Waals surface area contributed by atoms with Gasteiger partial charge < -0.3 is 5.32 Å². The van der Waals surface area contributed by atoms with E-state index in [1.807, 2.05) is 0 Å². The number of nitrogens with one attached hydrogen (secondary N) is 1. The molecule has 1 aromatic rings. The summed E-state index contributed by atoms with van der Waals surface area (Å²) in [5, 5.41) is 3.59.